The Kier molecular flexibility index (Phi) is 4.53. The van der Waals surface area contributed by atoms with Crippen molar-refractivity contribution in [3.05, 3.63) is 59.0 Å². The number of amides is 1. The molecule has 0 aliphatic heterocycles. The normalized spacial score (nSPS) is 10.7. The maximum Gasteiger partial charge on any atom is 0.291 e. The number of hydrogen-bond acceptors (Lipinski definition) is 4. The number of carbonyl (C=O) groups excluding carboxylic acids is 1. The fourth-order valence-corrected chi connectivity index (χ4v) is 3.04. The maximum absolute atomic E-state index is 13.5. The van der Waals surface area contributed by atoms with Gasteiger partial charge in [-0.15, -0.1) is 0 Å². The number of nitrogens with one attached hydrogen (secondary N) is 1. The minimum Gasteiger partial charge on any atom is -0.444 e. The lowest BCUT2D eigenvalue weighted by molar-refractivity contribution is 0.0995. The van der Waals surface area contributed by atoms with Gasteiger partial charge in [0, 0.05) is 24.3 Å². The first kappa shape index (κ1) is 15.8. The smallest absolute Gasteiger partial charge is 0.291 e. The van der Waals surface area contributed by atoms with Crippen molar-refractivity contribution in [2.24, 2.45) is 7.05 Å². The molecule has 1 aromatic carbocycles. The Morgan fingerprint density at radius 3 is 2.87 bits per heavy atom. The van der Waals surface area contributed by atoms with Crippen LogP contribution >= 0.6 is 27.7 Å². The minimum atomic E-state index is -0.456. The lowest BCUT2D eigenvalue weighted by atomic mass is 10.3. The molecule has 0 radical (unpaired) electrons. The molecule has 1 amide bonds. The van der Waals surface area contributed by atoms with Gasteiger partial charge in [-0.25, -0.2) is 9.37 Å². The zero-order valence-electron chi connectivity index (χ0n) is 11.9. The third kappa shape index (κ3) is 3.65. The summed E-state index contributed by atoms with van der Waals surface area (Å²) in [6, 6.07) is 7.35. The van der Waals surface area contributed by atoms with Gasteiger partial charge in [-0.05, 0) is 58.0 Å². The summed E-state index contributed by atoms with van der Waals surface area (Å²) >= 11 is 4.47. The van der Waals surface area contributed by atoms with Crippen LogP contribution in [0.25, 0.3) is 0 Å². The molecule has 2 heterocycles. The van der Waals surface area contributed by atoms with Gasteiger partial charge in [-0.3, -0.25) is 4.79 Å². The van der Waals surface area contributed by atoms with Crippen molar-refractivity contribution in [2.45, 2.75) is 10.1 Å². The molecule has 0 aliphatic carbocycles. The monoisotopic (exact) mass is 395 g/mol. The van der Waals surface area contributed by atoms with E-state index in [1.54, 1.807) is 18.3 Å². The average molecular weight is 396 g/mol. The van der Waals surface area contributed by atoms with E-state index in [2.05, 4.69) is 26.2 Å². The standard InChI is InChI=1S/C15H11BrFN3O2S/c1-20-7-6-18-15(20)23-12-4-2-9(17)8-10(12)19-14(21)11-3-5-13(16)22-11/h2-8H,1H3,(H,19,21). The van der Waals surface area contributed by atoms with Crippen molar-refractivity contribution < 1.29 is 13.6 Å². The Hall–Kier alpha value is -2.06. The van der Waals surface area contributed by atoms with Crippen LogP contribution in [-0.4, -0.2) is 15.5 Å². The van der Waals surface area contributed by atoms with Crippen molar-refractivity contribution in [3.8, 4) is 0 Å². The number of benzene rings is 1. The van der Waals surface area contributed by atoms with Crippen molar-refractivity contribution in [3.63, 3.8) is 0 Å². The van der Waals surface area contributed by atoms with Gasteiger partial charge in [0.25, 0.3) is 5.91 Å². The van der Waals surface area contributed by atoms with Crippen LogP contribution < -0.4 is 5.32 Å². The van der Waals surface area contributed by atoms with Crippen LogP contribution in [0, 0.1) is 5.82 Å². The number of rotatable bonds is 4. The fraction of sp³-hybridized carbons (Fsp3) is 0.0667. The van der Waals surface area contributed by atoms with E-state index in [-0.39, 0.29) is 5.76 Å². The van der Waals surface area contributed by atoms with Gasteiger partial charge in [0.05, 0.1) is 5.69 Å². The number of aryl methyl sites for hydroxylation is 1. The topological polar surface area (TPSA) is 60.1 Å². The van der Waals surface area contributed by atoms with Gasteiger partial charge in [-0.1, -0.05) is 0 Å². The van der Waals surface area contributed by atoms with Crippen LogP contribution in [0.2, 0.25) is 0 Å². The molecule has 1 N–H and O–H groups in total. The van der Waals surface area contributed by atoms with Crippen molar-refractivity contribution in [1.29, 1.82) is 0 Å². The van der Waals surface area contributed by atoms with Crippen molar-refractivity contribution in [1.82, 2.24) is 9.55 Å². The molecular weight excluding hydrogens is 385 g/mol. The first-order chi connectivity index (χ1) is 11.0. The lowest BCUT2D eigenvalue weighted by Gasteiger charge is -2.10. The Balaban J connectivity index is 1.87. The third-order valence-electron chi connectivity index (χ3n) is 2.97. The molecule has 0 bridgehead atoms. The molecule has 0 unspecified atom stereocenters. The number of aromatic nitrogens is 2. The molecule has 3 rings (SSSR count). The zero-order valence-corrected chi connectivity index (χ0v) is 14.3. The highest BCUT2D eigenvalue weighted by atomic mass is 79.9. The van der Waals surface area contributed by atoms with Crippen LogP contribution in [0.3, 0.4) is 0 Å². The van der Waals surface area contributed by atoms with Gasteiger partial charge < -0.3 is 14.3 Å². The number of furan rings is 1. The average Bonchev–Trinajstić information content (AvgIpc) is 3.11. The van der Waals surface area contributed by atoms with Crippen LogP contribution in [0.1, 0.15) is 10.6 Å². The van der Waals surface area contributed by atoms with Gasteiger partial charge >= 0.3 is 0 Å². The van der Waals surface area contributed by atoms with Gasteiger partial charge in [0.2, 0.25) is 0 Å². The highest BCUT2D eigenvalue weighted by Gasteiger charge is 2.15. The van der Waals surface area contributed by atoms with Crippen molar-refractivity contribution >= 4 is 39.3 Å². The van der Waals surface area contributed by atoms with E-state index in [0.29, 0.717) is 15.3 Å². The number of hydrogen-bond donors (Lipinski definition) is 1. The number of anilines is 1. The number of nitrogens with zero attached hydrogens (tertiary/aromatic N) is 2. The predicted octanol–water partition coefficient (Wildman–Crippen LogP) is 4.32. The molecule has 0 spiro atoms. The summed E-state index contributed by atoms with van der Waals surface area (Å²) < 4.78 is 21.0. The fourth-order valence-electron chi connectivity index (χ4n) is 1.86. The van der Waals surface area contributed by atoms with Crippen LogP contribution in [-0.2, 0) is 7.05 Å². The van der Waals surface area contributed by atoms with E-state index in [0.717, 1.165) is 5.16 Å². The molecule has 0 fully saturated rings. The third-order valence-corrected chi connectivity index (χ3v) is 4.54. The molecule has 8 heteroatoms. The Bertz CT molecular complexity index is 862. The SMILES string of the molecule is Cn1ccnc1Sc1ccc(F)cc1NC(=O)c1ccc(Br)o1. The highest BCUT2D eigenvalue weighted by molar-refractivity contribution is 9.10. The lowest BCUT2D eigenvalue weighted by Crippen LogP contribution is -2.11. The largest absolute Gasteiger partial charge is 0.444 e. The first-order valence-electron chi connectivity index (χ1n) is 6.54. The molecule has 0 atom stereocenters. The molecule has 23 heavy (non-hydrogen) atoms. The molecular formula is C15H11BrFN3O2S. The first-order valence-corrected chi connectivity index (χ1v) is 8.15. The Morgan fingerprint density at radius 1 is 1.39 bits per heavy atom. The maximum atomic E-state index is 13.5. The molecule has 0 aliphatic rings. The van der Waals surface area contributed by atoms with E-state index >= 15 is 0 Å². The molecule has 0 saturated heterocycles. The number of imidazole rings is 1. The molecule has 0 saturated carbocycles. The summed E-state index contributed by atoms with van der Waals surface area (Å²) in [5.41, 5.74) is 0.357. The van der Waals surface area contributed by atoms with Crippen LogP contribution in [0.4, 0.5) is 10.1 Å². The van der Waals surface area contributed by atoms with E-state index in [9.17, 15) is 9.18 Å². The molecule has 118 valence electrons. The second kappa shape index (κ2) is 6.59. The van der Waals surface area contributed by atoms with Gasteiger partial charge in [0.1, 0.15) is 5.82 Å². The van der Waals surface area contributed by atoms with Gasteiger partial charge in [-0.2, -0.15) is 0 Å². The van der Waals surface area contributed by atoms with Crippen molar-refractivity contribution in [2.75, 3.05) is 5.32 Å². The summed E-state index contributed by atoms with van der Waals surface area (Å²) in [6.07, 6.45) is 3.48. The summed E-state index contributed by atoms with van der Waals surface area (Å²) in [7, 11) is 1.86. The number of carbonyl (C=O) groups is 1. The minimum absolute atomic E-state index is 0.133. The Morgan fingerprint density at radius 2 is 2.22 bits per heavy atom. The van der Waals surface area contributed by atoms with E-state index < -0.39 is 11.7 Å². The van der Waals surface area contributed by atoms with E-state index in [4.69, 9.17) is 4.42 Å². The van der Waals surface area contributed by atoms with Crippen LogP contribution in [0.15, 0.2) is 61.9 Å². The van der Waals surface area contributed by atoms with Gasteiger partial charge in [0.15, 0.2) is 15.6 Å². The zero-order chi connectivity index (χ0) is 16.4. The highest BCUT2D eigenvalue weighted by Crippen LogP contribution is 2.33. The number of halogens is 2. The second-order valence-electron chi connectivity index (χ2n) is 4.62. The molecule has 2 aromatic heterocycles. The van der Waals surface area contributed by atoms with Crippen LogP contribution in [0.5, 0.6) is 0 Å². The Labute approximate surface area is 144 Å². The van der Waals surface area contributed by atoms with E-state index in [1.165, 1.54) is 30.0 Å². The summed E-state index contributed by atoms with van der Waals surface area (Å²) in [5, 5.41) is 3.39. The summed E-state index contributed by atoms with van der Waals surface area (Å²) in [4.78, 5) is 17.1. The second-order valence-corrected chi connectivity index (χ2v) is 6.41. The molecule has 3 aromatic rings. The quantitative estimate of drug-likeness (QED) is 0.714. The summed E-state index contributed by atoms with van der Waals surface area (Å²) in [6.45, 7) is 0. The summed E-state index contributed by atoms with van der Waals surface area (Å²) in [5.74, 6) is -0.762. The van der Waals surface area contributed by atoms with E-state index in [1.807, 2.05) is 17.8 Å². The predicted molar refractivity (Wildman–Crippen MR) is 88.1 cm³/mol. The molecule has 5 nitrogen and oxygen atoms in total.